The first kappa shape index (κ1) is 16.0. The number of rotatable bonds is 3. The summed E-state index contributed by atoms with van der Waals surface area (Å²) in [7, 11) is 0. The number of carbonyl (C=O) groups is 1. The zero-order chi connectivity index (χ0) is 16.9. The molecule has 0 aliphatic carbocycles. The van der Waals surface area contributed by atoms with E-state index in [1.165, 1.54) is 12.1 Å². The molecule has 4 N–H and O–H groups in total. The lowest BCUT2D eigenvalue weighted by Crippen LogP contribution is -2.44. The molecule has 0 bridgehead atoms. The SMILES string of the molecule is O=C(O)C1NNNC1Oc1cccc(C#Cc2cccc(F)c2)c1. The first-order chi connectivity index (χ1) is 11.6. The fourth-order valence-corrected chi connectivity index (χ4v) is 2.14. The van der Waals surface area contributed by atoms with Gasteiger partial charge in [0, 0.05) is 11.1 Å². The summed E-state index contributed by atoms with van der Waals surface area (Å²) in [6, 6.07) is 12.0. The predicted octanol–water partition coefficient (Wildman–Crippen LogP) is 0.996. The number of carboxylic acids is 1. The first-order valence-electron chi connectivity index (χ1n) is 7.15. The average molecular weight is 327 g/mol. The Hall–Kier alpha value is -2.92. The summed E-state index contributed by atoms with van der Waals surface area (Å²) in [4.78, 5) is 11.1. The van der Waals surface area contributed by atoms with Crippen LogP contribution in [-0.4, -0.2) is 23.3 Å². The molecule has 3 rings (SSSR count). The molecule has 1 aliphatic rings. The van der Waals surface area contributed by atoms with E-state index in [1.807, 2.05) is 0 Å². The second kappa shape index (κ2) is 7.10. The first-order valence-corrected chi connectivity index (χ1v) is 7.15. The highest BCUT2D eigenvalue weighted by atomic mass is 19.1. The van der Waals surface area contributed by atoms with Crippen molar-refractivity contribution < 1.29 is 19.0 Å². The second-order valence-electron chi connectivity index (χ2n) is 5.06. The molecular formula is C17H14FN3O3. The third-order valence-electron chi connectivity index (χ3n) is 3.28. The molecule has 2 unspecified atom stereocenters. The zero-order valence-corrected chi connectivity index (χ0v) is 12.4. The quantitative estimate of drug-likeness (QED) is 0.630. The number of nitrogens with one attached hydrogen (secondary N) is 3. The molecular weight excluding hydrogens is 313 g/mol. The Labute approximate surface area is 137 Å². The Morgan fingerprint density at radius 1 is 1.08 bits per heavy atom. The van der Waals surface area contributed by atoms with Gasteiger partial charge in [-0.15, -0.1) is 0 Å². The predicted molar refractivity (Wildman–Crippen MR) is 84.1 cm³/mol. The molecule has 1 heterocycles. The van der Waals surface area contributed by atoms with E-state index in [2.05, 4.69) is 28.2 Å². The van der Waals surface area contributed by atoms with E-state index in [0.717, 1.165) is 0 Å². The van der Waals surface area contributed by atoms with E-state index in [0.29, 0.717) is 16.9 Å². The summed E-state index contributed by atoms with van der Waals surface area (Å²) in [6.07, 6.45) is -0.770. The monoisotopic (exact) mass is 327 g/mol. The molecule has 0 radical (unpaired) electrons. The topological polar surface area (TPSA) is 82.6 Å². The highest BCUT2D eigenvalue weighted by molar-refractivity contribution is 5.74. The minimum atomic E-state index is -1.04. The molecule has 2 atom stereocenters. The van der Waals surface area contributed by atoms with Crippen LogP contribution < -0.4 is 21.1 Å². The van der Waals surface area contributed by atoms with E-state index in [1.54, 1.807) is 36.4 Å². The van der Waals surface area contributed by atoms with Crippen LogP contribution in [0.2, 0.25) is 0 Å². The molecule has 24 heavy (non-hydrogen) atoms. The van der Waals surface area contributed by atoms with Crippen molar-refractivity contribution >= 4 is 5.97 Å². The van der Waals surface area contributed by atoms with Gasteiger partial charge in [-0.25, -0.2) is 15.2 Å². The Balaban J connectivity index is 1.74. The van der Waals surface area contributed by atoms with Crippen LogP contribution in [0.1, 0.15) is 11.1 Å². The summed E-state index contributed by atoms with van der Waals surface area (Å²) in [6.45, 7) is 0. The van der Waals surface area contributed by atoms with Crippen LogP contribution in [0.15, 0.2) is 48.5 Å². The minimum absolute atomic E-state index is 0.342. The molecule has 6 nitrogen and oxygen atoms in total. The molecule has 1 aliphatic heterocycles. The average Bonchev–Trinajstić information content (AvgIpc) is 3.02. The van der Waals surface area contributed by atoms with E-state index < -0.39 is 18.2 Å². The Morgan fingerprint density at radius 3 is 2.50 bits per heavy atom. The molecule has 1 fully saturated rings. The van der Waals surface area contributed by atoms with Gasteiger partial charge in [0.1, 0.15) is 11.6 Å². The van der Waals surface area contributed by atoms with Crippen LogP contribution in [0, 0.1) is 17.7 Å². The Kier molecular flexibility index (Phi) is 4.72. The van der Waals surface area contributed by atoms with Crippen LogP contribution in [0.25, 0.3) is 0 Å². The standard InChI is InChI=1S/C17H14FN3O3/c18-13-5-1-3-11(9-13)7-8-12-4-2-6-14(10-12)24-16-15(17(22)23)19-21-20-16/h1-6,9-10,15-16,19-21H,(H,22,23). The number of halogens is 1. The van der Waals surface area contributed by atoms with Crippen molar-refractivity contribution in [3.63, 3.8) is 0 Å². The fourth-order valence-electron chi connectivity index (χ4n) is 2.14. The number of benzene rings is 2. The van der Waals surface area contributed by atoms with Gasteiger partial charge in [0.2, 0.25) is 0 Å². The van der Waals surface area contributed by atoms with Crippen LogP contribution >= 0.6 is 0 Å². The van der Waals surface area contributed by atoms with Gasteiger partial charge < -0.3 is 9.84 Å². The van der Waals surface area contributed by atoms with Gasteiger partial charge >= 0.3 is 5.97 Å². The highest BCUT2D eigenvalue weighted by Gasteiger charge is 2.34. The van der Waals surface area contributed by atoms with Gasteiger partial charge in [0.25, 0.3) is 0 Å². The molecule has 0 amide bonds. The van der Waals surface area contributed by atoms with Crippen LogP contribution in [-0.2, 0) is 4.79 Å². The zero-order valence-electron chi connectivity index (χ0n) is 12.4. The van der Waals surface area contributed by atoms with Gasteiger partial charge in [-0.2, -0.15) is 5.53 Å². The van der Waals surface area contributed by atoms with Gasteiger partial charge in [0.05, 0.1) is 0 Å². The van der Waals surface area contributed by atoms with Crippen molar-refractivity contribution in [1.82, 2.24) is 16.4 Å². The largest absolute Gasteiger partial charge is 0.480 e. The molecule has 7 heteroatoms. The third kappa shape index (κ3) is 3.88. The van der Waals surface area contributed by atoms with Crippen molar-refractivity contribution in [3.05, 3.63) is 65.5 Å². The Bertz CT molecular complexity index is 816. The maximum Gasteiger partial charge on any atom is 0.327 e. The lowest BCUT2D eigenvalue weighted by atomic mass is 10.1. The highest BCUT2D eigenvalue weighted by Crippen LogP contribution is 2.16. The third-order valence-corrected chi connectivity index (χ3v) is 3.28. The molecule has 0 saturated carbocycles. The van der Waals surface area contributed by atoms with Crippen molar-refractivity contribution in [1.29, 1.82) is 0 Å². The van der Waals surface area contributed by atoms with Gasteiger partial charge in [-0.1, -0.05) is 24.0 Å². The van der Waals surface area contributed by atoms with E-state index in [-0.39, 0.29) is 5.82 Å². The van der Waals surface area contributed by atoms with Crippen molar-refractivity contribution in [2.75, 3.05) is 0 Å². The summed E-state index contributed by atoms with van der Waals surface area (Å²) < 4.78 is 18.7. The van der Waals surface area contributed by atoms with E-state index in [9.17, 15) is 9.18 Å². The number of hydrazine groups is 2. The van der Waals surface area contributed by atoms with Crippen LogP contribution in [0.5, 0.6) is 5.75 Å². The number of carboxylic acid groups (broad SMARTS) is 1. The minimum Gasteiger partial charge on any atom is -0.480 e. The van der Waals surface area contributed by atoms with Gasteiger partial charge in [0.15, 0.2) is 12.3 Å². The normalized spacial score (nSPS) is 19.4. The second-order valence-corrected chi connectivity index (χ2v) is 5.06. The molecule has 0 aromatic heterocycles. The number of hydrogen-bond donors (Lipinski definition) is 4. The van der Waals surface area contributed by atoms with Crippen molar-refractivity contribution in [2.24, 2.45) is 0 Å². The summed E-state index contributed by atoms with van der Waals surface area (Å²) in [5, 5.41) is 9.07. The Morgan fingerprint density at radius 2 is 1.79 bits per heavy atom. The number of ether oxygens (including phenoxy) is 1. The maximum atomic E-state index is 13.1. The summed E-state index contributed by atoms with van der Waals surface area (Å²) in [5.74, 6) is 4.88. The summed E-state index contributed by atoms with van der Waals surface area (Å²) in [5.41, 5.74) is 8.98. The van der Waals surface area contributed by atoms with E-state index in [4.69, 9.17) is 9.84 Å². The smallest absolute Gasteiger partial charge is 0.327 e. The van der Waals surface area contributed by atoms with Crippen LogP contribution in [0.4, 0.5) is 4.39 Å². The molecule has 1 saturated heterocycles. The van der Waals surface area contributed by atoms with Gasteiger partial charge in [-0.3, -0.25) is 4.79 Å². The molecule has 0 spiro atoms. The number of aliphatic carboxylic acids is 1. The van der Waals surface area contributed by atoms with E-state index >= 15 is 0 Å². The van der Waals surface area contributed by atoms with Gasteiger partial charge in [-0.05, 0) is 36.4 Å². The maximum absolute atomic E-state index is 13.1. The molecule has 2 aromatic rings. The molecule has 2 aromatic carbocycles. The molecule has 122 valence electrons. The van der Waals surface area contributed by atoms with Crippen molar-refractivity contribution in [3.8, 4) is 17.6 Å². The fraction of sp³-hybridized carbons (Fsp3) is 0.118. The lowest BCUT2D eigenvalue weighted by Gasteiger charge is -2.16. The van der Waals surface area contributed by atoms with Crippen molar-refractivity contribution in [2.45, 2.75) is 12.3 Å². The lowest BCUT2D eigenvalue weighted by molar-refractivity contribution is -0.141. The number of hydrogen-bond acceptors (Lipinski definition) is 5. The van der Waals surface area contributed by atoms with Crippen LogP contribution in [0.3, 0.4) is 0 Å². The summed E-state index contributed by atoms with van der Waals surface area (Å²) >= 11 is 0.